The monoisotopic (exact) mass is 284 g/mol. The number of amides is 1. The average molecular weight is 285 g/mol. The second-order valence-electron chi connectivity index (χ2n) is 3.82. The zero-order valence-electron chi connectivity index (χ0n) is 8.84. The van der Waals surface area contributed by atoms with Gasteiger partial charge in [0.2, 0.25) is 0 Å². The van der Waals surface area contributed by atoms with Crippen LogP contribution < -0.4 is 5.32 Å². The highest BCUT2D eigenvalue weighted by atomic mass is 79.9. The van der Waals surface area contributed by atoms with Crippen LogP contribution >= 0.6 is 15.9 Å². The Kier molecular flexibility index (Phi) is 3.66. The van der Waals surface area contributed by atoms with Gasteiger partial charge in [0.05, 0.1) is 11.6 Å². The van der Waals surface area contributed by atoms with Crippen molar-refractivity contribution in [2.45, 2.75) is 19.4 Å². The molecule has 0 aliphatic carbocycles. The first-order valence-electron chi connectivity index (χ1n) is 4.54. The zero-order valence-corrected chi connectivity index (χ0v) is 10.4. The van der Waals surface area contributed by atoms with E-state index in [0.29, 0.717) is 4.47 Å². The largest absolute Gasteiger partial charge is 0.334 e. The molecule has 0 unspecified atom stereocenters. The highest BCUT2D eigenvalue weighted by Gasteiger charge is 2.22. The lowest BCUT2D eigenvalue weighted by Crippen LogP contribution is -2.42. The smallest absolute Gasteiger partial charge is 0.255 e. The predicted molar refractivity (Wildman–Crippen MR) is 61.3 cm³/mol. The Hall–Kier alpha value is -1.41. The van der Waals surface area contributed by atoms with E-state index in [1.54, 1.807) is 13.8 Å². The Morgan fingerprint density at radius 2 is 2.19 bits per heavy atom. The number of benzene rings is 1. The number of nitrogens with zero attached hydrogens (tertiary/aromatic N) is 1. The number of carbonyl (C=O) groups excluding carboxylic acids is 1. The van der Waals surface area contributed by atoms with Crippen LogP contribution in [0.25, 0.3) is 0 Å². The van der Waals surface area contributed by atoms with Gasteiger partial charge in [-0.1, -0.05) is 15.9 Å². The van der Waals surface area contributed by atoms with Crippen LogP contribution in [0.5, 0.6) is 0 Å². The van der Waals surface area contributed by atoms with Gasteiger partial charge in [-0.15, -0.1) is 0 Å². The normalized spacial score (nSPS) is 10.7. The van der Waals surface area contributed by atoms with E-state index in [9.17, 15) is 9.18 Å². The van der Waals surface area contributed by atoms with Crippen molar-refractivity contribution in [2.75, 3.05) is 0 Å². The Balaban J connectivity index is 2.98. The molecule has 0 aromatic heterocycles. The second kappa shape index (κ2) is 4.62. The van der Waals surface area contributed by atoms with Gasteiger partial charge in [-0.25, -0.2) is 4.39 Å². The zero-order chi connectivity index (χ0) is 12.3. The van der Waals surface area contributed by atoms with Gasteiger partial charge in [0.15, 0.2) is 0 Å². The minimum Gasteiger partial charge on any atom is -0.334 e. The molecule has 16 heavy (non-hydrogen) atoms. The standard InChI is InChI=1S/C11H10BrFN2O/c1-11(2,6-14)15-10(16)8-5-7(12)3-4-9(8)13/h3-5H,1-2H3,(H,15,16). The van der Waals surface area contributed by atoms with Crippen LogP contribution in [-0.2, 0) is 0 Å². The molecule has 0 atom stereocenters. The van der Waals surface area contributed by atoms with Crippen LogP contribution in [-0.4, -0.2) is 11.4 Å². The van der Waals surface area contributed by atoms with Crippen molar-refractivity contribution in [3.05, 3.63) is 34.1 Å². The van der Waals surface area contributed by atoms with Crippen LogP contribution in [0.2, 0.25) is 0 Å². The Morgan fingerprint density at radius 1 is 1.56 bits per heavy atom. The molecule has 0 aliphatic heterocycles. The number of rotatable bonds is 2. The van der Waals surface area contributed by atoms with E-state index in [-0.39, 0.29) is 5.56 Å². The lowest BCUT2D eigenvalue weighted by Gasteiger charge is -2.17. The Labute approximate surface area is 101 Å². The molecule has 1 aromatic rings. The summed E-state index contributed by atoms with van der Waals surface area (Å²) in [5, 5.41) is 11.2. The third-order valence-electron chi connectivity index (χ3n) is 1.88. The summed E-state index contributed by atoms with van der Waals surface area (Å²) in [6.45, 7) is 3.08. The summed E-state index contributed by atoms with van der Waals surface area (Å²) in [6, 6.07) is 5.98. The second-order valence-corrected chi connectivity index (χ2v) is 4.73. The molecular formula is C11H10BrFN2O. The number of carbonyl (C=O) groups is 1. The maximum absolute atomic E-state index is 13.3. The molecule has 0 radical (unpaired) electrons. The van der Waals surface area contributed by atoms with Crippen LogP contribution in [0.4, 0.5) is 4.39 Å². The summed E-state index contributed by atoms with van der Waals surface area (Å²) < 4.78 is 13.9. The molecular weight excluding hydrogens is 275 g/mol. The van der Waals surface area contributed by atoms with E-state index in [4.69, 9.17) is 5.26 Å². The predicted octanol–water partition coefficient (Wildman–Crippen LogP) is 2.62. The number of hydrogen-bond donors (Lipinski definition) is 1. The van der Waals surface area contributed by atoms with Gasteiger partial charge in [-0.2, -0.15) is 5.26 Å². The van der Waals surface area contributed by atoms with Gasteiger partial charge in [-0.05, 0) is 32.0 Å². The van der Waals surface area contributed by atoms with E-state index < -0.39 is 17.3 Å². The molecule has 0 saturated heterocycles. The highest BCUT2D eigenvalue weighted by molar-refractivity contribution is 9.10. The van der Waals surface area contributed by atoms with E-state index in [0.717, 1.165) is 0 Å². The number of nitriles is 1. The molecule has 0 saturated carbocycles. The summed E-state index contributed by atoms with van der Waals surface area (Å²) in [7, 11) is 0. The summed E-state index contributed by atoms with van der Waals surface area (Å²) in [4.78, 5) is 11.7. The minimum atomic E-state index is -1.02. The van der Waals surface area contributed by atoms with Gasteiger partial charge >= 0.3 is 0 Å². The molecule has 0 heterocycles. The molecule has 1 N–H and O–H groups in total. The van der Waals surface area contributed by atoms with Crippen molar-refractivity contribution < 1.29 is 9.18 Å². The Bertz CT molecular complexity index is 466. The topological polar surface area (TPSA) is 52.9 Å². The fraction of sp³-hybridized carbons (Fsp3) is 0.273. The molecule has 0 bridgehead atoms. The average Bonchev–Trinajstić information content (AvgIpc) is 2.21. The van der Waals surface area contributed by atoms with E-state index >= 15 is 0 Å². The molecule has 84 valence electrons. The molecule has 1 rings (SSSR count). The maximum atomic E-state index is 13.3. The molecule has 0 spiro atoms. The van der Waals surface area contributed by atoms with Gasteiger partial charge in [-0.3, -0.25) is 4.79 Å². The maximum Gasteiger partial charge on any atom is 0.255 e. The van der Waals surface area contributed by atoms with E-state index in [2.05, 4.69) is 21.2 Å². The quantitative estimate of drug-likeness (QED) is 0.908. The first-order valence-corrected chi connectivity index (χ1v) is 5.34. The summed E-state index contributed by atoms with van der Waals surface area (Å²) in [6.07, 6.45) is 0. The van der Waals surface area contributed by atoms with Crippen molar-refractivity contribution in [2.24, 2.45) is 0 Å². The van der Waals surface area contributed by atoms with Crippen molar-refractivity contribution >= 4 is 21.8 Å². The molecule has 0 aliphatic rings. The SMILES string of the molecule is CC(C)(C#N)NC(=O)c1cc(Br)ccc1F. The van der Waals surface area contributed by atoms with Gasteiger partial charge in [0, 0.05) is 4.47 Å². The third kappa shape index (κ3) is 3.04. The van der Waals surface area contributed by atoms with Gasteiger partial charge < -0.3 is 5.32 Å². The number of nitrogens with one attached hydrogen (secondary N) is 1. The molecule has 1 aromatic carbocycles. The summed E-state index contributed by atoms with van der Waals surface area (Å²) in [5.74, 6) is -1.22. The fourth-order valence-corrected chi connectivity index (χ4v) is 1.41. The molecule has 1 amide bonds. The first kappa shape index (κ1) is 12.7. The van der Waals surface area contributed by atoms with Crippen molar-refractivity contribution in [3.8, 4) is 6.07 Å². The van der Waals surface area contributed by atoms with Crippen molar-refractivity contribution in [3.63, 3.8) is 0 Å². The van der Waals surface area contributed by atoms with E-state index in [1.165, 1.54) is 18.2 Å². The van der Waals surface area contributed by atoms with Gasteiger partial charge in [0.25, 0.3) is 5.91 Å². The van der Waals surface area contributed by atoms with Gasteiger partial charge in [0.1, 0.15) is 11.4 Å². The fourth-order valence-electron chi connectivity index (χ4n) is 1.05. The first-order chi connectivity index (χ1) is 7.35. The molecule has 5 heteroatoms. The van der Waals surface area contributed by atoms with Crippen LogP contribution in [0.3, 0.4) is 0 Å². The van der Waals surface area contributed by atoms with Crippen LogP contribution in [0.15, 0.2) is 22.7 Å². The lowest BCUT2D eigenvalue weighted by atomic mass is 10.1. The Morgan fingerprint density at radius 3 is 2.75 bits per heavy atom. The van der Waals surface area contributed by atoms with Crippen molar-refractivity contribution in [1.82, 2.24) is 5.32 Å². The third-order valence-corrected chi connectivity index (χ3v) is 2.37. The lowest BCUT2D eigenvalue weighted by molar-refractivity contribution is 0.0925. The molecule has 0 fully saturated rings. The highest BCUT2D eigenvalue weighted by Crippen LogP contribution is 2.16. The van der Waals surface area contributed by atoms with Crippen LogP contribution in [0.1, 0.15) is 24.2 Å². The number of halogens is 2. The minimum absolute atomic E-state index is 0.0855. The van der Waals surface area contributed by atoms with E-state index in [1.807, 2.05) is 6.07 Å². The summed E-state index contributed by atoms with van der Waals surface area (Å²) >= 11 is 3.15. The molecule has 3 nitrogen and oxygen atoms in total. The number of hydrogen-bond acceptors (Lipinski definition) is 2. The van der Waals surface area contributed by atoms with Crippen molar-refractivity contribution in [1.29, 1.82) is 5.26 Å². The summed E-state index contributed by atoms with van der Waals surface area (Å²) in [5.41, 5.74) is -1.11. The van der Waals surface area contributed by atoms with Crippen LogP contribution in [0, 0.1) is 17.1 Å².